The van der Waals surface area contributed by atoms with Crippen LogP contribution in [0.2, 0.25) is 0 Å². The first-order valence-corrected chi connectivity index (χ1v) is 7.80. The van der Waals surface area contributed by atoms with Crippen molar-refractivity contribution in [3.05, 3.63) is 33.5 Å². The Hall–Kier alpha value is -1.53. The van der Waals surface area contributed by atoms with E-state index in [1.54, 1.807) is 10.8 Å². The van der Waals surface area contributed by atoms with Crippen LogP contribution in [0.25, 0.3) is 20.4 Å². The molecule has 0 spiro atoms. The summed E-state index contributed by atoms with van der Waals surface area (Å²) >= 11 is 6.76. The highest BCUT2D eigenvalue weighted by molar-refractivity contribution is 7.71. The SMILES string of the molecule is CC(C)CCn1c(=S)[nH]c2c(sc3ncccc32)c1=O. The van der Waals surface area contributed by atoms with Crippen molar-refractivity contribution in [3.8, 4) is 0 Å². The van der Waals surface area contributed by atoms with Crippen LogP contribution in [0.5, 0.6) is 0 Å². The molecule has 0 radical (unpaired) electrons. The molecule has 0 aliphatic rings. The minimum atomic E-state index is -0.00704. The van der Waals surface area contributed by atoms with Gasteiger partial charge in [-0.2, -0.15) is 0 Å². The van der Waals surface area contributed by atoms with Gasteiger partial charge in [-0.25, -0.2) is 4.98 Å². The maximum Gasteiger partial charge on any atom is 0.272 e. The molecule has 0 atom stereocenters. The number of nitrogens with zero attached hydrogens (tertiary/aromatic N) is 2. The molecule has 0 amide bonds. The Kier molecular flexibility index (Phi) is 3.43. The zero-order chi connectivity index (χ0) is 14.3. The molecule has 0 aliphatic carbocycles. The number of aromatic nitrogens is 3. The van der Waals surface area contributed by atoms with Crippen molar-refractivity contribution < 1.29 is 0 Å². The van der Waals surface area contributed by atoms with Crippen LogP contribution in [0.4, 0.5) is 0 Å². The maximum absolute atomic E-state index is 12.6. The molecule has 0 aromatic carbocycles. The first-order chi connectivity index (χ1) is 9.58. The standard InChI is InChI=1S/C14H15N3OS2/c1-8(2)5-7-17-13(18)11-10(16-14(17)19)9-4-3-6-15-12(9)20-11/h3-4,6,8H,5,7H2,1-2H3,(H,16,19). The number of thiophene rings is 1. The number of nitrogens with one attached hydrogen (secondary N) is 1. The number of H-pyrrole nitrogens is 1. The van der Waals surface area contributed by atoms with Crippen molar-refractivity contribution in [1.82, 2.24) is 14.5 Å². The quantitative estimate of drug-likeness (QED) is 0.750. The Bertz CT molecular complexity index is 889. The molecule has 0 fully saturated rings. The Morgan fingerprint density at radius 3 is 3.05 bits per heavy atom. The Labute approximate surface area is 125 Å². The third-order valence-electron chi connectivity index (χ3n) is 3.31. The molecule has 0 bridgehead atoms. The van der Waals surface area contributed by atoms with Crippen molar-refractivity contribution in [2.45, 2.75) is 26.8 Å². The summed E-state index contributed by atoms with van der Waals surface area (Å²) in [7, 11) is 0. The predicted octanol–water partition coefficient (Wildman–Crippen LogP) is 3.71. The number of hydrogen-bond donors (Lipinski definition) is 1. The van der Waals surface area contributed by atoms with E-state index in [4.69, 9.17) is 12.2 Å². The number of hydrogen-bond acceptors (Lipinski definition) is 4. The molecule has 3 aromatic heterocycles. The monoisotopic (exact) mass is 305 g/mol. The van der Waals surface area contributed by atoms with Gasteiger partial charge < -0.3 is 4.98 Å². The number of rotatable bonds is 3. The predicted molar refractivity (Wildman–Crippen MR) is 86.0 cm³/mol. The summed E-state index contributed by atoms with van der Waals surface area (Å²) in [4.78, 5) is 21.0. The average molecular weight is 305 g/mol. The van der Waals surface area contributed by atoms with Crippen LogP contribution in [0, 0.1) is 10.7 Å². The van der Waals surface area contributed by atoms with Crippen LogP contribution in [-0.4, -0.2) is 14.5 Å². The van der Waals surface area contributed by atoms with Gasteiger partial charge in [0.05, 0.1) is 5.52 Å². The Balaban J connectivity index is 2.27. The van der Waals surface area contributed by atoms with Gasteiger partial charge in [-0.15, -0.1) is 11.3 Å². The largest absolute Gasteiger partial charge is 0.330 e. The van der Waals surface area contributed by atoms with E-state index in [1.165, 1.54) is 11.3 Å². The summed E-state index contributed by atoms with van der Waals surface area (Å²) in [6, 6.07) is 3.83. The topological polar surface area (TPSA) is 50.7 Å². The first-order valence-electron chi connectivity index (χ1n) is 6.58. The van der Waals surface area contributed by atoms with E-state index >= 15 is 0 Å². The normalized spacial score (nSPS) is 11.8. The number of fused-ring (bicyclic) bond motifs is 3. The minimum absolute atomic E-state index is 0.00704. The third-order valence-corrected chi connectivity index (χ3v) is 4.74. The molecule has 0 saturated carbocycles. The average Bonchev–Trinajstić information content (AvgIpc) is 2.77. The molecule has 20 heavy (non-hydrogen) atoms. The zero-order valence-electron chi connectivity index (χ0n) is 11.3. The van der Waals surface area contributed by atoms with Crippen molar-refractivity contribution in [3.63, 3.8) is 0 Å². The van der Waals surface area contributed by atoms with Gasteiger partial charge in [-0.1, -0.05) is 13.8 Å². The van der Waals surface area contributed by atoms with Crippen LogP contribution >= 0.6 is 23.6 Å². The summed E-state index contributed by atoms with van der Waals surface area (Å²) in [6.45, 7) is 4.93. The van der Waals surface area contributed by atoms with Crippen LogP contribution < -0.4 is 5.56 Å². The lowest BCUT2D eigenvalue weighted by Crippen LogP contribution is -2.22. The van der Waals surface area contributed by atoms with Gasteiger partial charge in [0.1, 0.15) is 9.53 Å². The van der Waals surface area contributed by atoms with E-state index in [2.05, 4.69) is 23.8 Å². The van der Waals surface area contributed by atoms with E-state index in [-0.39, 0.29) is 5.56 Å². The molecule has 3 rings (SSSR count). The molecule has 0 saturated heterocycles. The number of aromatic amines is 1. The van der Waals surface area contributed by atoms with E-state index in [9.17, 15) is 4.79 Å². The van der Waals surface area contributed by atoms with Crippen molar-refractivity contribution in [2.75, 3.05) is 0 Å². The molecule has 3 aromatic rings. The fraction of sp³-hybridized carbons (Fsp3) is 0.357. The maximum atomic E-state index is 12.6. The van der Waals surface area contributed by atoms with E-state index in [0.29, 0.717) is 21.9 Å². The highest BCUT2D eigenvalue weighted by atomic mass is 32.1. The van der Waals surface area contributed by atoms with E-state index in [1.807, 2.05) is 12.1 Å². The van der Waals surface area contributed by atoms with Gasteiger partial charge in [0.15, 0.2) is 4.77 Å². The van der Waals surface area contributed by atoms with Crippen LogP contribution in [0.1, 0.15) is 20.3 Å². The Morgan fingerprint density at radius 2 is 2.30 bits per heavy atom. The zero-order valence-corrected chi connectivity index (χ0v) is 13.0. The lowest BCUT2D eigenvalue weighted by molar-refractivity contribution is 0.503. The molecule has 4 nitrogen and oxygen atoms in total. The smallest absolute Gasteiger partial charge is 0.272 e. The van der Waals surface area contributed by atoms with Crippen molar-refractivity contribution >= 4 is 44.0 Å². The van der Waals surface area contributed by atoms with Crippen LogP contribution in [0.15, 0.2) is 23.1 Å². The summed E-state index contributed by atoms with van der Waals surface area (Å²) < 4.78 is 2.86. The summed E-state index contributed by atoms with van der Waals surface area (Å²) in [5, 5.41) is 0.965. The molecule has 0 unspecified atom stereocenters. The lowest BCUT2D eigenvalue weighted by Gasteiger charge is -2.08. The summed E-state index contributed by atoms with van der Waals surface area (Å²) in [5.74, 6) is 0.538. The molecule has 3 heterocycles. The van der Waals surface area contributed by atoms with Crippen molar-refractivity contribution in [1.29, 1.82) is 0 Å². The van der Waals surface area contributed by atoms with Crippen LogP contribution in [-0.2, 0) is 6.54 Å². The molecular formula is C14H15N3OS2. The van der Waals surface area contributed by atoms with Gasteiger partial charge in [0.25, 0.3) is 5.56 Å². The van der Waals surface area contributed by atoms with Gasteiger partial charge in [-0.3, -0.25) is 9.36 Å². The summed E-state index contributed by atoms with van der Waals surface area (Å²) in [5.41, 5.74) is 0.807. The second-order valence-corrected chi connectivity index (χ2v) is 6.62. The lowest BCUT2D eigenvalue weighted by atomic mass is 10.1. The first kappa shape index (κ1) is 13.5. The molecule has 6 heteroatoms. The van der Waals surface area contributed by atoms with Gasteiger partial charge in [-0.05, 0) is 36.7 Å². The molecule has 1 N–H and O–H groups in total. The van der Waals surface area contributed by atoms with E-state index < -0.39 is 0 Å². The second kappa shape index (κ2) is 5.10. The molecular weight excluding hydrogens is 290 g/mol. The Morgan fingerprint density at radius 1 is 1.50 bits per heavy atom. The highest BCUT2D eigenvalue weighted by Crippen LogP contribution is 2.28. The van der Waals surface area contributed by atoms with Crippen LogP contribution in [0.3, 0.4) is 0 Å². The molecule has 104 valence electrons. The van der Waals surface area contributed by atoms with Gasteiger partial charge in [0, 0.05) is 18.1 Å². The number of pyridine rings is 1. The third kappa shape index (κ3) is 2.19. The fourth-order valence-corrected chi connectivity index (χ4v) is 3.51. The molecule has 0 aliphatic heterocycles. The van der Waals surface area contributed by atoms with Crippen molar-refractivity contribution in [2.24, 2.45) is 5.92 Å². The van der Waals surface area contributed by atoms with Gasteiger partial charge in [0.2, 0.25) is 0 Å². The van der Waals surface area contributed by atoms with E-state index in [0.717, 1.165) is 22.2 Å². The van der Waals surface area contributed by atoms with Gasteiger partial charge >= 0.3 is 0 Å². The summed E-state index contributed by atoms with van der Waals surface area (Å²) in [6.07, 6.45) is 2.68. The fourth-order valence-electron chi connectivity index (χ4n) is 2.19. The highest BCUT2D eigenvalue weighted by Gasteiger charge is 2.12. The second-order valence-electron chi connectivity index (χ2n) is 5.23. The minimum Gasteiger partial charge on any atom is -0.330 e.